The summed E-state index contributed by atoms with van der Waals surface area (Å²) in [6.07, 6.45) is 10.9. The lowest BCUT2D eigenvalue weighted by Gasteiger charge is -2.20. The third-order valence-corrected chi connectivity index (χ3v) is 5.41. The maximum Gasteiger partial charge on any atom is 0.317 e. The summed E-state index contributed by atoms with van der Waals surface area (Å²) < 4.78 is 5.32. The van der Waals surface area contributed by atoms with E-state index < -0.39 is 0 Å². The molecule has 4 rings (SSSR count). The highest BCUT2D eigenvalue weighted by molar-refractivity contribution is 5.74. The Balaban J connectivity index is 1.24. The first-order valence-corrected chi connectivity index (χ1v) is 9.56. The predicted molar refractivity (Wildman–Crippen MR) is 96.3 cm³/mol. The predicted octanol–water partition coefficient (Wildman–Crippen LogP) is 3.04. The second kappa shape index (κ2) is 7.85. The maximum atomic E-state index is 12.4. The molecule has 1 unspecified atom stereocenters. The van der Waals surface area contributed by atoms with Crippen LogP contribution in [0.4, 0.5) is 4.79 Å². The van der Waals surface area contributed by atoms with Crippen molar-refractivity contribution in [2.24, 2.45) is 5.92 Å². The van der Waals surface area contributed by atoms with Crippen LogP contribution in [0.1, 0.15) is 44.3 Å². The molecular formula is C19H25N5O2. The Kier molecular flexibility index (Phi) is 5.13. The van der Waals surface area contributed by atoms with Crippen LogP contribution in [0.5, 0.6) is 0 Å². The minimum absolute atomic E-state index is 0.109. The van der Waals surface area contributed by atoms with Crippen molar-refractivity contribution in [3.8, 4) is 11.5 Å². The summed E-state index contributed by atoms with van der Waals surface area (Å²) in [4.78, 5) is 22.8. The van der Waals surface area contributed by atoms with E-state index in [4.69, 9.17) is 4.52 Å². The molecule has 2 fully saturated rings. The summed E-state index contributed by atoms with van der Waals surface area (Å²) in [7, 11) is 0. The number of pyridine rings is 1. The van der Waals surface area contributed by atoms with E-state index in [1.165, 1.54) is 12.8 Å². The summed E-state index contributed by atoms with van der Waals surface area (Å²) in [5.74, 6) is 1.74. The second-order valence-corrected chi connectivity index (χ2v) is 7.33. The van der Waals surface area contributed by atoms with Crippen LogP contribution in [0.15, 0.2) is 29.0 Å². The van der Waals surface area contributed by atoms with Gasteiger partial charge in [-0.05, 0) is 43.7 Å². The van der Waals surface area contributed by atoms with Gasteiger partial charge in [0, 0.05) is 37.9 Å². The van der Waals surface area contributed by atoms with Crippen LogP contribution in [-0.2, 0) is 6.42 Å². The average molecular weight is 355 g/mol. The van der Waals surface area contributed by atoms with Gasteiger partial charge in [0.2, 0.25) is 0 Å². The van der Waals surface area contributed by atoms with E-state index in [0.717, 1.165) is 56.6 Å². The molecule has 26 heavy (non-hydrogen) atoms. The van der Waals surface area contributed by atoms with Crippen molar-refractivity contribution in [3.63, 3.8) is 0 Å². The first-order chi connectivity index (χ1) is 12.8. The topological polar surface area (TPSA) is 84.2 Å². The first kappa shape index (κ1) is 17.0. The molecule has 138 valence electrons. The van der Waals surface area contributed by atoms with Crippen molar-refractivity contribution in [3.05, 3.63) is 30.4 Å². The van der Waals surface area contributed by atoms with Crippen LogP contribution in [0.2, 0.25) is 0 Å². The van der Waals surface area contributed by atoms with Crippen LogP contribution in [-0.4, -0.2) is 45.2 Å². The van der Waals surface area contributed by atoms with Gasteiger partial charge < -0.3 is 14.7 Å². The monoisotopic (exact) mass is 355 g/mol. The van der Waals surface area contributed by atoms with Gasteiger partial charge in [0.15, 0.2) is 5.82 Å². The van der Waals surface area contributed by atoms with Gasteiger partial charge in [0.1, 0.15) is 0 Å². The highest BCUT2D eigenvalue weighted by Crippen LogP contribution is 2.23. The molecule has 7 heteroatoms. The molecule has 1 saturated carbocycles. The molecule has 1 aliphatic carbocycles. The Morgan fingerprint density at radius 3 is 3.00 bits per heavy atom. The Bertz CT molecular complexity index is 727. The van der Waals surface area contributed by atoms with Gasteiger partial charge in [-0.3, -0.25) is 4.98 Å². The summed E-state index contributed by atoms with van der Waals surface area (Å²) in [5, 5.41) is 7.25. The van der Waals surface area contributed by atoms with E-state index in [1.54, 1.807) is 12.4 Å². The molecule has 0 aromatic carbocycles. The van der Waals surface area contributed by atoms with Gasteiger partial charge in [-0.1, -0.05) is 18.0 Å². The summed E-state index contributed by atoms with van der Waals surface area (Å²) in [6.45, 7) is 1.67. The minimum Gasteiger partial charge on any atom is -0.335 e. The third-order valence-electron chi connectivity index (χ3n) is 5.41. The van der Waals surface area contributed by atoms with Gasteiger partial charge in [0.25, 0.3) is 5.89 Å². The number of hydrogen-bond acceptors (Lipinski definition) is 5. The third kappa shape index (κ3) is 4.03. The van der Waals surface area contributed by atoms with E-state index in [9.17, 15) is 4.79 Å². The number of carbonyl (C=O) groups is 1. The fourth-order valence-corrected chi connectivity index (χ4v) is 3.88. The summed E-state index contributed by atoms with van der Waals surface area (Å²) in [6, 6.07) is 4.25. The Labute approximate surface area is 153 Å². The molecule has 0 radical (unpaired) electrons. The molecule has 1 aliphatic heterocycles. The highest BCUT2D eigenvalue weighted by atomic mass is 16.5. The molecule has 1 atom stereocenters. The van der Waals surface area contributed by atoms with Crippen LogP contribution in [0, 0.1) is 5.92 Å². The van der Waals surface area contributed by atoms with E-state index in [0.29, 0.717) is 17.9 Å². The normalized spacial score (nSPS) is 20.6. The van der Waals surface area contributed by atoms with Crippen molar-refractivity contribution >= 4 is 6.03 Å². The molecule has 2 aromatic rings. The highest BCUT2D eigenvalue weighted by Gasteiger charge is 2.28. The zero-order valence-electron chi connectivity index (χ0n) is 14.9. The number of likely N-dealkylation sites (tertiary alicyclic amines) is 1. The standard InChI is InChI=1S/C19H25N5O2/c25-19(21-16-5-1-2-6-16)24-11-9-14(13-24)7-8-17-22-18(26-23-17)15-4-3-10-20-12-15/h3-4,10,12,14,16H,1-2,5-9,11,13H2,(H,21,25). The van der Waals surface area contributed by atoms with Crippen LogP contribution < -0.4 is 5.32 Å². The molecule has 0 bridgehead atoms. The average Bonchev–Trinajstić information content (AvgIpc) is 3.42. The van der Waals surface area contributed by atoms with E-state index in [-0.39, 0.29) is 6.03 Å². The van der Waals surface area contributed by atoms with Crippen molar-refractivity contribution < 1.29 is 9.32 Å². The Morgan fingerprint density at radius 1 is 1.31 bits per heavy atom. The minimum atomic E-state index is 0.109. The SMILES string of the molecule is O=C(NC1CCCC1)N1CCC(CCc2noc(-c3cccnc3)n2)C1. The first-order valence-electron chi connectivity index (χ1n) is 9.56. The van der Waals surface area contributed by atoms with Crippen LogP contribution >= 0.6 is 0 Å². The Morgan fingerprint density at radius 2 is 2.19 bits per heavy atom. The number of hydrogen-bond donors (Lipinski definition) is 1. The number of aromatic nitrogens is 3. The Hall–Kier alpha value is -2.44. The van der Waals surface area contributed by atoms with Crippen molar-refractivity contribution in [2.75, 3.05) is 13.1 Å². The zero-order chi connectivity index (χ0) is 17.8. The zero-order valence-corrected chi connectivity index (χ0v) is 14.9. The fraction of sp³-hybridized carbons (Fsp3) is 0.579. The van der Waals surface area contributed by atoms with E-state index in [1.807, 2.05) is 17.0 Å². The fourth-order valence-electron chi connectivity index (χ4n) is 3.88. The number of aryl methyl sites for hydroxylation is 1. The molecular weight excluding hydrogens is 330 g/mol. The number of rotatable bonds is 5. The smallest absolute Gasteiger partial charge is 0.317 e. The van der Waals surface area contributed by atoms with Gasteiger partial charge >= 0.3 is 6.03 Å². The second-order valence-electron chi connectivity index (χ2n) is 7.33. The number of nitrogens with zero attached hydrogens (tertiary/aromatic N) is 4. The maximum absolute atomic E-state index is 12.4. The number of nitrogens with one attached hydrogen (secondary N) is 1. The molecule has 2 amide bonds. The van der Waals surface area contributed by atoms with Crippen molar-refractivity contribution in [1.29, 1.82) is 0 Å². The lowest BCUT2D eigenvalue weighted by atomic mass is 10.0. The van der Waals surface area contributed by atoms with E-state index in [2.05, 4.69) is 20.4 Å². The molecule has 2 aromatic heterocycles. The van der Waals surface area contributed by atoms with Gasteiger partial charge in [-0.25, -0.2) is 4.79 Å². The van der Waals surface area contributed by atoms with E-state index >= 15 is 0 Å². The lowest BCUT2D eigenvalue weighted by molar-refractivity contribution is 0.202. The van der Waals surface area contributed by atoms with Crippen molar-refractivity contribution in [1.82, 2.24) is 25.3 Å². The van der Waals surface area contributed by atoms with Crippen LogP contribution in [0.25, 0.3) is 11.5 Å². The molecule has 1 N–H and O–H groups in total. The number of amides is 2. The van der Waals surface area contributed by atoms with Gasteiger partial charge in [-0.15, -0.1) is 0 Å². The quantitative estimate of drug-likeness (QED) is 0.891. The molecule has 0 spiro atoms. The number of urea groups is 1. The number of carbonyl (C=O) groups excluding carboxylic acids is 1. The van der Waals surface area contributed by atoms with Gasteiger partial charge in [0.05, 0.1) is 5.56 Å². The van der Waals surface area contributed by atoms with Crippen LogP contribution in [0.3, 0.4) is 0 Å². The van der Waals surface area contributed by atoms with Gasteiger partial charge in [-0.2, -0.15) is 4.98 Å². The lowest BCUT2D eigenvalue weighted by Crippen LogP contribution is -2.42. The summed E-state index contributed by atoms with van der Waals surface area (Å²) >= 11 is 0. The summed E-state index contributed by atoms with van der Waals surface area (Å²) in [5.41, 5.74) is 0.835. The molecule has 1 saturated heterocycles. The largest absolute Gasteiger partial charge is 0.335 e. The molecule has 7 nitrogen and oxygen atoms in total. The molecule has 2 aliphatic rings. The molecule has 3 heterocycles. The van der Waals surface area contributed by atoms with Crippen molar-refractivity contribution in [2.45, 2.75) is 51.0 Å².